The molecule has 3 rings (SSSR count). The fraction of sp³-hybridized carbons (Fsp3) is 0.600. The van der Waals surface area contributed by atoms with E-state index in [4.69, 9.17) is 4.74 Å². The molecule has 0 amide bonds. The average Bonchev–Trinajstić information content (AvgIpc) is 3.00. The highest BCUT2D eigenvalue weighted by molar-refractivity contribution is 9.09. The Bertz CT molecular complexity index is 448. The van der Waals surface area contributed by atoms with E-state index in [0.717, 1.165) is 23.1 Å². The van der Waals surface area contributed by atoms with Crippen molar-refractivity contribution in [3.8, 4) is 5.75 Å². The molecule has 18 heavy (non-hydrogen) atoms. The summed E-state index contributed by atoms with van der Waals surface area (Å²) in [4.78, 5) is 0.221. The molecule has 1 aromatic carbocycles. The highest BCUT2D eigenvalue weighted by Gasteiger charge is 2.43. The maximum Gasteiger partial charge on any atom is 0.123 e. The van der Waals surface area contributed by atoms with Crippen LogP contribution in [0.3, 0.4) is 0 Å². The van der Waals surface area contributed by atoms with Crippen molar-refractivity contribution in [1.29, 1.82) is 0 Å². The van der Waals surface area contributed by atoms with Gasteiger partial charge in [0, 0.05) is 10.4 Å². The third-order valence-corrected chi connectivity index (χ3v) is 5.83. The second-order valence-corrected chi connectivity index (χ2v) is 6.61. The minimum atomic E-state index is -0.182. The van der Waals surface area contributed by atoms with E-state index in [1.807, 2.05) is 0 Å². The number of benzene rings is 1. The Morgan fingerprint density at radius 1 is 1.33 bits per heavy atom. The zero-order chi connectivity index (χ0) is 12.7. The highest BCUT2D eigenvalue weighted by Crippen LogP contribution is 2.55. The maximum atomic E-state index is 13.4. The number of hydrogen-bond acceptors (Lipinski definition) is 1. The Morgan fingerprint density at radius 3 is 2.78 bits per heavy atom. The van der Waals surface area contributed by atoms with Crippen LogP contribution in [0.15, 0.2) is 18.2 Å². The molecular weight excluding hydrogens is 295 g/mol. The van der Waals surface area contributed by atoms with E-state index < -0.39 is 0 Å². The van der Waals surface area contributed by atoms with E-state index in [1.165, 1.54) is 31.7 Å². The molecule has 2 saturated carbocycles. The molecule has 1 nitrogen and oxygen atoms in total. The third kappa shape index (κ3) is 2.07. The number of fused-ring (bicyclic) bond motifs is 2. The largest absolute Gasteiger partial charge is 0.496 e. The smallest absolute Gasteiger partial charge is 0.123 e. The fourth-order valence-electron chi connectivity index (χ4n) is 3.80. The molecule has 0 radical (unpaired) electrons. The van der Waals surface area contributed by atoms with E-state index >= 15 is 0 Å². The summed E-state index contributed by atoms with van der Waals surface area (Å²) in [6.07, 6.45) is 5.38. The molecule has 1 aromatic rings. The number of rotatable bonds is 3. The van der Waals surface area contributed by atoms with Gasteiger partial charge in [-0.3, -0.25) is 0 Å². The number of ether oxygens (including phenoxy) is 1. The summed E-state index contributed by atoms with van der Waals surface area (Å²) in [5.41, 5.74) is 0.968. The van der Waals surface area contributed by atoms with Crippen molar-refractivity contribution in [3.05, 3.63) is 29.6 Å². The van der Waals surface area contributed by atoms with Gasteiger partial charge in [0.2, 0.25) is 0 Å². The molecule has 2 aliphatic rings. The second-order valence-electron chi connectivity index (χ2n) is 5.63. The van der Waals surface area contributed by atoms with Crippen LogP contribution in [0.25, 0.3) is 0 Å². The van der Waals surface area contributed by atoms with Gasteiger partial charge >= 0.3 is 0 Å². The van der Waals surface area contributed by atoms with E-state index in [1.54, 1.807) is 19.2 Å². The highest BCUT2D eigenvalue weighted by atomic mass is 79.9. The summed E-state index contributed by atoms with van der Waals surface area (Å²) >= 11 is 3.79. The van der Waals surface area contributed by atoms with E-state index in [2.05, 4.69) is 15.9 Å². The topological polar surface area (TPSA) is 9.23 Å². The van der Waals surface area contributed by atoms with Crippen LogP contribution in [0, 0.1) is 23.6 Å². The van der Waals surface area contributed by atoms with Gasteiger partial charge in [-0.05, 0) is 55.2 Å². The lowest BCUT2D eigenvalue weighted by molar-refractivity contribution is 0.323. The van der Waals surface area contributed by atoms with E-state index in [9.17, 15) is 4.39 Å². The molecule has 0 aromatic heterocycles. The number of methoxy groups -OCH3 is 1. The van der Waals surface area contributed by atoms with Gasteiger partial charge in [-0.2, -0.15) is 0 Å². The van der Waals surface area contributed by atoms with Gasteiger partial charge in [0.1, 0.15) is 11.6 Å². The first kappa shape index (κ1) is 12.5. The summed E-state index contributed by atoms with van der Waals surface area (Å²) in [6, 6.07) is 4.80. The molecule has 0 heterocycles. The zero-order valence-corrected chi connectivity index (χ0v) is 12.1. The van der Waals surface area contributed by atoms with Crippen molar-refractivity contribution in [2.75, 3.05) is 7.11 Å². The lowest BCUT2D eigenvalue weighted by Gasteiger charge is -2.27. The zero-order valence-electron chi connectivity index (χ0n) is 10.5. The van der Waals surface area contributed by atoms with Gasteiger partial charge in [0.15, 0.2) is 0 Å². The standard InChI is InChI=1S/C15H18BrFO/c1-18-14-5-4-11(17)8-13(14)15(16)12-7-9-2-3-10(12)6-9/h4-5,8-10,12,15H,2-3,6-7H2,1H3. The Hall–Kier alpha value is -0.570. The average molecular weight is 313 g/mol. The summed E-state index contributed by atoms with van der Waals surface area (Å²) < 4.78 is 18.8. The summed E-state index contributed by atoms with van der Waals surface area (Å²) in [7, 11) is 1.65. The monoisotopic (exact) mass is 312 g/mol. The normalized spacial score (nSPS) is 31.6. The van der Waals surface area contributed by atoms with Gasteiger partial charge in [0.25, 0.3) is 0 Å². The first-order valence-corrected chi connectivity index (χ1v) is 7.58. The van der Waals surface area contributed by atoms with Gasteiger partial charge in [-0.15, -0.1) is 0 Å². The molecule has 3 heteroatoms. The quantitative estimate of drug-likeness (QED) is 0.735. The van der Waals surface area contributed by atoms with Crippen molar-refractivity contribution in [1.82, 2.24) is 0 Å². The van der Waals surface area contributed by atoms with Crippen molar-refractivity contribution in [2.24, 2.45) is 17.8 Å². The maximum absolute atomic E-state index is 13.4. The number of alkyl halides is 1. The van der Waals surface area contributed by atoms with Crippen LogP contribution in [0.4, 0.5) is 4.39 Å². The predicted molar refractivity (Wildman–Crippen MR) is 73.6 cm³/mol. The number of halogens is 2. The Labute approximate surface area is 116 Å². The summed E-state index contributed by atoms with van der Waals surface area (Å²) in [5, 5.41) is 0. The number of hydrogen-bond donors (Lipinski definition) is 0. The van der Waals surface area contributed by atoms with Crippen LogP contribution in [-0.2, 0) is 0 Å². The summed E-state index contributed by atoms with van der Waals surface area (Å²) in [6.45, 7) is 0. The second kappa shape index (κ2) is 4.84. The molecule has 2 aliphatic carbocycles. The van der Waals surface area contributed by atoms with Crippen LogP contribution in [0.1, 0.15) is 36.1 Å². The van der Waals surface area contributed by atoms with Crippen LogP contribution in [0.5, 0.6) is 5.75 Å². The third-order valence-electron chi connectivity index (χ3n) is 4.66. The molecule has 0 aliphatic heterocycles. The SMILES string of the molecule is COc1ccc(F)cc1C(Br)C1CC2CCC1C2. The summed E-state index contributed by atoms with van der Waals surface area (Å²) in [5.74, 6) is 2.96. The van der Waals surface area contributed by atoms with E-state index in [-0.39, 0.29) is 10.6 Å². The fourth-order valence-corrected chi connectivity index (χ4v) is 4.81. The van der Waals surface area contributed by atoms with Gasteiger partial charge in [0.05, 0.1) is 7.11 Å². The molecule has 4 unspecified atom stereocenters. The Kier molecular flexibility index (Phi) is 3.35. The Balaban J connectivity index is 1.87. The molecular formula is C15H18BrFO. The molecule has 4 atom stereocenters. The molecule has 0 N–H and O–H groups in total. The van der Waals surface area contributed by atoms with Gasteiger partial charge in [-0.1, -0.05) is 22.4 Å². The van der Waals surface area contributed by atoms with Crippen LogP contribution >= 0.6 is 15.9 Å². The lowest BCUT2D eigenvalue weighted by Crippen LogP contribution is -2.16. The van der Waals surface area contributed by atoms with Crippen LogP contribution in [-0.4, -0.2) is 7.11 Å². The first-order valence-electron chi connectivity index (χ1n) is 6.66. The lowest BCUT2D eigenvalue weighted by atomic mass is 9.84. The van der Waals surface area contributed by atoms with Crippen LogP contribution < -0.4 is 4.74 Å². The molecule has 98 valence electrons. The minimum absolute atomic E-state index is 0.182. The van der Waals surface area contributed by atoms with Crippen molar-refractivity contribution in [2.45, 2.75) is 30.5 Å². The predicted octanol–water partition coefficient (Wildman–Crippen LogP) is 4.71. The first-order chi connectivity index (χ1) is 8.69. The Morgan fingerprint density at radius 2 is 2.17 bits per heavy atom. The molecule has 2 fully saturated rings. The molecule has 0 spiro atoms. The van der Waals surface area contributed by atoms with Crippen LogP contribution in [0.2, 0.25) is 0 Å². The van der Waals surface area contributed by atoms with E-state index in [0.29, 0.717) is 5.92 Å². The van der Waals surface area contributed by atoms with Gasteiger partial charge in [-0.25, -0.2) is 4.39 Å². The van der Waals surface area contributed by atoms with Crippen molar-refractivity contribution in [3.63, 3.8) is 0 Å². The molecule has 0 saturated heterocycles. The van der Waals surface area contributed by atoms with Crippen molar-refractivity contribution >= 4 is 15.9 Å². The van der Waals surface area contributed by atoms with Gasteiger partial charge < -0.3 is 4.74 Å². The van der Waals surface area contributed by atoms with Crippen molar-refractivity contribution < 1.29 is 9.13 Å². The minimum Gasteiger partial charge on any atom is -0.496 e. The molecule has 2 bridgehead atoms.